The zero-order valence-corrected chi connectivity index (χ0v) is 9.74. The van der Waals surface area contributed by atoms with E-state index in [1.165, 1.54) is 7.11 Å². The van der Waals surface area contributed by atoms with Gasteiger partial charge in [0.1, 0.15) is 0 Å². The van der Waals surface area contributed by atoms with Gasteiger partial charge in [-0.15, -0.1) is 0 Å². The molecule has 1 aromatic heterocycles. The first-order chi connectivity index (χ1) is 8.10. The second-order valence-corrected chi connectivity index (χ2v) is 3.95. The van der Waals surface area contributed by atoms with Crippen molar-refractivity contribution in [3.8, 4) is 0 Å². The maximum absolute atomic E-state index is 11.3. The van der Waals surface area contributed by atoms with Gasteiger partial charge in [0, 0.05) is 17.0 Å². The van der Waals surface area contributed by atoms with E-state index in [4.69, 9.17) is 0 Å². The van der Waals surface area contributed by atoms with Gasteiger partial charge in [-0.1, -0.05) is 6.07 Å². The first kappa shape index (κ1) is 11.4. The molecule has 0 amide bonds. The van der Waals surface area contributed by atoms with Crippen LogP contribution >= 0.6 is 0 Å². The van der Waals surface area contributed by atoms with E-state index in [9.17, 15) is 9.59 Å². The Morgan fingerprint density at radius 2 is 2.12 bits per heavy atom. The van der Waals surface area contributed by atoms with E-state index in [0.29, 0.717) is 0 Å². The van der Waals surface area contributed by atoms with Crippen molar-refractivity contribution in [2.45, 2.75) is 13.3 Å². The Labute approximate surface area is 98.2 Å². The molecule has 0 aliphatic heterocycles. The van der Waals surface area contributed by atoms with Crippen LogP contribution in [0.2, 0.25) is 0 Å². The van der Waals surface area contributed by atoms with E-state index >= 15 is 0 Å². The summed E-state index contributed by atoms with van der Waals surface area (Å²) >= 11 is 0. The molecule has 2 aromatic rings. The molecule has 17 heavy (non-hydrogen) atoms. The van der Waals surface area contributed by atoms with Gasteiger partial charge in [-0.2, -0.15) is 0 Å². The van der Waals surface area contributed by atoms with E-state index in [2.05, 4.69) is 9.72 Å². The molecule has 4 nitrogen and oxygen atoms in total. The number of hydrogen-bond acceptors (Lipinski definition) is 3. The van der Waals surface area contributed by atoms with Gasteiger partial charge in [-0.05, 0) is 30.2 Å². The third-order valence-corrected chi connectivity index (χ3v) is 2.69. The molecular weight excluding hydrogens is 218 g/mol. The SMILES string of the molecule is COC(=O)Cc1ccc2[nH]c(=O)cc(C)c2c1. The Kier molecular flexibility index (Phi) is 2.95. The molecule has 1 aromatic carbocycles. The minimum absolute atomic E-state index is 0.115. The van der Waals surface area contributed by atoms with Crippen LogP contribution in [0, 0.1) is 6.92 Å². The molecule has 0 unspecified atom stereocenters. The summed E-state index contributed by atoms with van der Waals surface area (Å²) in [5.41, 5.74) is 2.44. The lowest BCUT2D eigenvalue weighted by Gasteiger charge is -2.05. The highest BCUT2D eigenvalue weighted by Crippen LogP contribution is 2.16. The fourth-order valence-electron chi connectivity index (χ4n) is 1.82. The average Bonchev–Trinajstić information content (AvgIpc) is 2.29. The molecule has 0 atom stereocenters. The molecule has 1 heterocycles. The van der Waals surface area contributed by atoms with Crippen molar-refractivity contribution in [1.82, 2.24) is 4.98 Å². The quantitative estimate of drug-likeness (QED) is 0.798. The second-order valence-electron chi connectivity index (χ2n) is 3.95. The Bertz CT molecular complexity index is 628. The first-order valence-electron chi connectivity index (χ1n) is 5.29. The topological polar surface area (TPSA) is 59.2 Å². The van der Waals surface area contributed by atoms with Crippen molar-refractivity contribution >= 4 is 16.9 Å². The summed E-state index contributed by atoms with van der Waals surface area (Å²) in [7, 11) is 1.37. The number of nitrogens with one attached hydrogen (secondary N) is 1. The molecule has 88 valence electrons. The molecule has 0 saturated carbocycles. The smallest absolute Gasteiger partial charge is 0.309 e. The largest absolute Gasteiger partial charge is 0.469 e. The summed E-state index contributed by atoms with van der Waals surface area (Å²) in [5.74, 6) is -0.272. The van der Waals surface area contributed by atoms with Crippen molar-refractivity contribution in [1.29, 1.82) is 0 Å². The molecule has 4 heteroatoms. The summed E-state index contributed by atoms with van der Waals surface area (Å²) < 4.78 is 4.62. The van der Waals surface area contributed by atoms with Crippen molar-refractivity contribution in [2.75, 3.05) is 7.11 Å². The van der Waals surface area contributed by atoms with Crippen LogP contribution < -0.4 is 5.56 Å². The van der Waals surface area contributed by atoms with Gasteiger partial charge in [0.15, 0.2) is 0 Å². The van der Waals surface area contributed by atoms with Gasteiger partial charge in [-0.25, -0.2) is 0 Å². The van der Waals surface area contributed by atoms with Gasteiger partial charge in [0.2, 0.25) is 5.56 Å². The van der Waals surface area contributed by atoms with Crippen molar-refractivity contribution in [3.05, 3.63) is 45.7 Å². The van der Waals surface area contributed by atoms with Crippen molar-refractivity contribution in [3.63, 3.8) is 0 Å². The van der Waals surface area contributed by atoms with Crippen LogP contribution in [0.4, 0.5) is 0 Å². The average molecular weight is 231 g/mol. The number of aromatic amines is 1. The van der Waals surface area contributed by atoms with E-state index in [0.717, 1.165) is 22.0 Å². The number of carbonyl (C=O) groups is 1. The summed E-state index contributed by atoms with van der Waals surface area (Å²) in [5, 5.41) is 0.950. The van der Waals surface area contributed by atoms with Gasteiger partial charge in [0.05, 0.1) is 13.5 Å². The molecule has 0 aliphatic rings. The monoisotopic (exact) mass is 231 g/mol. The van der Waals surface area contributed by atoms with Crippen LogP contribution in [0.25, 0.3) is 10.9 Å². The van der Waals surface area contributed by atoms with E-state index in [1.54, 1.807) is 6.07 Å². The van der Waals surface area contributed by atoms with Crippen molar-refractivity contribution < 1.29 is 9.53 Å². The van der Waals surface area contributed by atoms with Crippen LogP contribution in [-0.4, -0.2) is 18.1 Å². The number of benzene rings is 1. The summed E-state index contributed by atoms with van der Waals surface area (Å²) in [6, 6.07) is 7.07. The lowest BCUT2D eigenvalue weighted by molar-refractivity contribution is -0.139. The molecule has 1 N–H and O–H groups in total. The molecule has 0 aliphatic carbocycles. The maximum Gasteiger partial charge on any atom is 0.309 e. The molecule has 2 rings (SSSR count). The zero-order valence-electron chi connectivity index (χ0n) is 9.74. The maximum atomic E-state index is 11.3. The molecule has 0 radical (unpaired) electrons. The van der Waals surface area contributed by atoms with Crippen LogP contribution in [0.15, 0.2) is 29.1 Å². The predicted octanol–water partition coefficient (Wildman–Crippen LogP) is 1.55. The van der Waals surface area contributed by atoms with Gasteiger partial charge >= 0.3 is 5.97 Å². The standard InChI is InChI=1S/C13H13NO3/c1-8-5-12(15)14-11-4-3-9(6-10(8)11)7-13(16)17-2/h3-6H,7H2,1-2H3,(H,14,15). The third kappa shape index (κ3) is 2.36. The fraction of sp³-hybridized carbons (Fsp3) is 0.231. The summed E-state index contributed by atoms with van der Waals surface area (Å²) in [6.07, 6.45) is 0.241. The predicted molar refractivity (Wildman–Crippen MR) is 65.0 cm³/mol. The highest BCUT2D eigenvalue weighted by atomic mass is 16.5. The number of carbonyl (C=O) groups excluding carboxylic acids is 1. The number of H-pyrrole nitrogens is 1. The number of aromatic nitrogens is 1. The van der Waals surface area contributed by atoms with Crippen LogP contribution in [0.1, 0.15) is 11.1 Å². The van der Waals surface area contributed by atoms with E-state index in [1.807, 2.05) is 25.1 Å². The number of esters is 1. The Morgan fingerprint density at radius 3 is 2.82 bits per heavy atom. The molecule has 0 bridgehead atoms. The van der Waals surface area contributed by atoms with E-state index < -0.39 is 0 Å². The number of rotatable bonds is 2. The normalized spacial score (nSPS) is 10.5. The minimum Gasteiger partial charge on any atom is -0.469 e. The first-order valence-corrected chi connectivity index (χ1v) is 5.29. The Balaban J connectivity index is 2.50. The van der Waals surface area contributed by atoms with E-state index in [-0.39, 0.29) is 17.9 Å². The third-order valence-electron chi connectivity index (χ3n) is 2.69. The van der Waals surface area contributed by atoms with Gasteiger partial charge in [0.25, 0.3) is 0 Å². The lowest BCUT2D eigenvalue weighted by Crippen LogP contribution is -2.07. The van der Waals surface area contributed by atoms with Crippen LogP contribution in [0.3, 0.4) is 0 Å². The highest BCUT2D eigenvalue weighted by molar-refractivity contribution is 5.83. The van der Waals surface area contributed by atoms with Gasteiger partial charge < -0.3 is 9.72 Å². The van der Waals surface area contributed by atoms with Crippen LogP contribution in [-0.2, 0) is 16.0 Å². The number of hydrogen-bond donors (Lipinski definition) is 1. The molecule has 0 saturated heterocycles. The molecular formula is C13H13NO3. The van der Waals surface area contributed by atoms with Crippen LogP contribution in [0.5, 0.6) is 0 Å². The zero-order chi connectivity index (χ0) is 12.4. The Hall–Kier alpha value is -2.10. The number of methoxy groups -OCH3 is 1. The molecule has 0 spiro atoms. The highest BCUT2D eigenvalue weighted by Gasteiger charge is 2.05. The minimum atomic E-state index is -0.272. The molecule has 0 fully saturated rings. The number of aryl methyl sites for hydroxylation is 1. The number of ether oxygens (including phenoxy) is 1. The fourth-order valence-corrected chi connectivity index (χ4v) is 1.82. The number of pyridine rings is 1. The second kappa shape index (κ2) is 4.41. The summed E-state index contributed by atoms with van der Waals surface area (Å²) in [4.78, 5) is 25.2. The van der Waals surface area contributed by atoms with Gasteiger partial charge in [-0.3, -0.25) is 9.59 Å². The number of fused-ring (bicyclic) bond motifs is 1. The lowest BCUT2D eigenvalue weighted by atomic mass is 10.1. The Morgan fingerprint density at radius 1 is 1.35 bits per heavy atom. The summed E-state index contributed by atoms with van der Waals surface area (Å²) in [6.45, 7) is 1.87. The van der Waals surface area contributed by atoms with Crippen molar-refractivity contribution in [2.24, 2.45) is 0 Å².